The molecular weight excluding hydrogens is 300 g/mol. The molecule has 3 rings (SSSR count). The Hall–Kier alpha value is -2.20. The topological polar surface area (TPSA) is 35.8 Å². The first-order chi connectivity index (χ1) is 10.7. The van der Waals surface area contributed by atoms with Crippen LogP contribution in [0.5, 0.6) is 11.5 Å². The van der Waals surface area contributed by atoms with Gasteiger partial charge in [-0.3, -0.25) is 4.40 Å². The molecule has 0 atom stereocenters. The zero-order valence-electron chi connectivity index (χ0n) is 12.5. The zero-order chi connectivity index (χ0) is 15.5. The Labute approximate surface area is 134 Å². The third-order valence-electron chi connectivity index (χ3n) is 3.59. The number of nitrogens with zero attached hydrogens (tertiary/aromatic N) is 2. The van der Waals surface area contributed by atoms with Crippen molar-refractivity contribution in [2.45, 2.75) is 19.4 Å². The van der Waals surface area contributed by atoms with E-state index in [9.17, 15) is 0 Å². The third kappa shape index (κ3) is 2.74. The molecule has 2 aromatic heterocycles. The number of benzene rings is 1. The van der Waals surface area contributed by atoms with Crippen molar-refractivity contribution in [1.82, 2.24) is 9.38 Å². The molecule has 0 aliphatic heterocycles. The molecule has 114 valence electrons. The number of pyridine rings is 1. The lowest BCUT2D eigenvalue weighted by Gasteiger charge is -2.08. The summed E-state index contributed by atoms with van der Waals surface area (Å²) in [6.45, 7) is 2.43. The third-order valence-corrected chi connectivity index (χ3v) is 3.85. The quantitative estimate of drug-likeness (QED) is 0.668. The number of aryl methyl sites for hydroxylation is 1. The second-order valence-electron chi connectivity index (χ2n) is 4.98. The molecule has 0 fully saturated rings. The number of rotatable bonds is 5. The monoisotopic (exact) mass is 316 g/mol. The van der Waals surface area contributed by atoms with Crippen molar-refractivity contribution in [3.05, 3.63) is 59.5 Å². The minimum atomic E-state index is 0.426. The largest absolute Gasteiger partial charge is 0.497 e. The number of aromatic nitrogens is 2. The van der Waals surface area contributed by atoms with Crippen molar-refractivity contribution < 1.29 is 9.47 Å². The zero-order valence-corrected chi connectivity index (χ0v) is 13.3. The molecule has 5 heteroatoms. The number of alkyl halides is 1. The summed E-state index contributed by atoms with van der Waals surface area (Å²) in [7, 11) is 1.65. The van der Waals surface area contributed by atoms with Crippen LogP contribution in [0.25, 0.3) is 5.65 Å². The van der Waals surface area contributed by atoms with Gasteiger partial charge in [-0.15, -0.1) is 11.6 Å². The van der Waals surface area contributed by atoms with E-state index >= 15 is 0 Å². The molecule has 2 heterocycles. The Bertz CT molecular complexity index is 781. The number of methoxy groups -OCH3 is 1. The van der Waals surface area contributed by atoms with Crippen molar-refractivity contribution in [2.24, 2.45) is 0 Å². The van der Waals surface area contributed by atoms with E-state index in [2.05, 4.69) is 4.98 Å². The molecule has 0 radical (unpaired) electrons. The molecule has 0 spiro atoms. The van der Waals surface area contributed by atoms with Crippen LogP contribution < -0.4 is 9.47 Å². The standard InChI is InChI=1S/C17H17ClN2O2/c1-12-15(10-18)20-9-3-4-16(17(20)19-12)22-11-13-5-7-14(21-2)8-6-13/h3-9H,10-11H2,1-2H3. The Morgan fingerprint density at radius 3 is 2.64 bits per heavy atom. The van der Waals surface area contributed by atoms with Gasteiger partial charge in [-0.25, -0.2) is 4.98 Å². The van der Waals surface area contributed by atoms with Crippen LogP contribution in [0.2, 0.25) is 0 Å². The van der Waals surface area contributed by atoms with Crippen LogP contribution in [0.4, 0.5) is 0 Å². The van der Waals surface area contributed by atoms with E-state index in [1.807, 2.05) is 53.9 Å². The molecule has 0 N–H and O–H groups in total. The van der Waals surface area contributed by atoms with Crippen LogP contribution >= 0.6 is 11.6 Å². The molecule has 0 saturated carbocycles. The predicted molar refractivity (Wildman–Crippen MR) is 86.8 cm³/mol. The van der Waals surface area contributed by atoms with Gasteiger partial charge < -0.3 is 9.47 Å². The van der Waals surface area contributed by atoms with Gasteiger partial charge in [-0.2, -0.15) is 0 Å². The van der Waals surface area contributed by atoms with Gasteiger partial charge in [0.2, 0.25) is 0 Å². The number of halogens is 1. The highest BCUT2D eigenvalue weighted by Gasteiger charge is 2.11. The van der Waals surface area contributed by atoms with Gasteiger partial charge in [0.15, 0.2) is 11.4 Å². The maximum Gasteiger partial charge on any atom is 0.180 e. The fourth-order valence-electron chi connectivity index (χ4n) is 2.36. The first kappa shape index (κ1) is 14.7. The Balaban J connectivity index is 1.84. The number of imidazole rings is 1. The van der Waals surface area contributed by atoms with Crippen LogP contribution in [0.1, 0.15) is 17.0 Å². The Morgan fingerprint density at radius 2 is 1.95 bits per heavy atom. The van der Waals surface area contributed by atoms with Gasteiger partial charge in [0, 0.05) is 6.20 Å². The lowest BCUT2D eigenvalue weighted by Crippen LogP contribution is -1.98. The highest BCUT2D eigenvalue weighted by Crippen LogP contribution is 2.24. The minimum absolute atomic E-state index is 0.426. The molecule has 0 aliphatic rings. The molecule has 0 bridgehead atoms. The molecule has 4 nitrogen and oxygen atoms in total. The SMILES string of the molecule is COc1ccc(COc2cccn3c(CCl)c(C)nc23)cc1. The van der Waals surface area contributed by atoms with Gasteiger partial charge in [-0.1, -0.05) is 12.1 Å². The molecule has 0 amide bonds. The van der Waals surface area contributed by atoms with Gasteiger partial charge in [-0.05, 0) is 36.8 Å². The summed E-state index contributed by atoms with van der Waals surface area (Å²) in [6, 6.07) is 11.7. The Kier molecular flexibility index (Phi) is 4.20. The summed E-state index contributed by atoms with van der Waals surface area (Å²) in [6.07, 6.45) is 1.95. The van der Waals surface area contributed by atoms with Crippen LogP contribution in [0, 0.1) is 6.92 Å². The van der Waals surface area contributed by atoms with E-state index in [0.717, 1.165) is 34.1 Å². The number of ether oxygens (including phenoxy) is 2. The fraction of sp³-hybridized carbons (Fsp3) is 0.235. The number of hydrogen-bond acceptors (Lipinski definition) is 3. The van der Waals surface area contributed by atoms with Crippen molar-refractivity contribution in [3.63, 3.8) is 0 Å². The summed E-state index contributed by atoms with van der Waals surface area (Å²) in [5.41, 5.74) is 3.79. The average molecular weight is 317 g/mol. The summed E-state index contributed by atoms with van der Waals surface area (Å²) >= 11 is 5.99. The van der Waals surface area contributed by atoms with Crippen LogP contribution in [-0.2, 0) is 12.5 Å². The van der Waals surface area contributed by atoms with E-state index < -0.39 is 0 Å². The van der Waals surface area contributed by atoms with E-state index in [0.29, 0.717) is 12.5 Å². The molecular formula is C17H17ClN2O2. The molecule has 0 aliphatic carbocycles. The first-order valence-electron chi connectivity index (χ1n) is 7.01. The summed E-state index contributed by atoms with van der Waals surface area (Å²) < 4.78 is 13.1. The van der Waals surface area contributed by atoms with E-state index in [-0.39, 0.29) is 0 Å². The van der Waals surface area contributed by atoms with Crippen LogP contribution in [-0.4, -0.2) is 16.5 Å². The van der Waals surface area contributed by atoms with Gasteiger partial charge in [0.1, 0.15) is 12.4 Å². The maximum absolute atomic E-state index is 5.99. The van der Waals surface area contributed by atoms with E-state index in [1.54, 1.807) is 7.11 Å². The molecule has 0 saturated heterocycles. The molecule has 22 heavy (non-hydrogen) atoms. The fourth-order valence-corrected chi connectivity index (χ4v) is 2.68. The van der Waals surface area contributed by atoms with Crippen LogP contribution in [0.3, 0.4) is 0 Å². The van der Waals surface area contributed by atoms with Gasteiger partial charge in [0.25, 0.3) is 0 Å². The smallest absolute Gasteiger partial charge is 0.180 e. The first-order valence-corrected chi connectivity index (χ1v) is 7.54. The van der Waals surface area contributed by atoms with Crippen molar-refractivity contribution in [1.29, 1.82) is 0 Å². The molecule has 0 unspecified atom stereocenters. The second-order valence-corrected chi connectivity index (χ2v) is 5.25. The maximum atomic E-state index is 5.99. The lowest BCUT2D eigenvalue weighted by atomic mass is 10.2. The van der Waals surface area contributed by atoms with Crippen LogP contribution in [0.15, 0.2) is 42.6 Å². The Morgan fingerprint density at radius 1 is 1.18 bits per heavy atom. The highest BCUT2D eigenvalue weighted by molar-refractivity contribution is 6.17. The van der Waals surface area contributed by atoms with Gasteiger partial charge in [0.05, 0.1) is 24.4 Å². The molecule has 3 aromatic rings. The van der Waals surface area contributed by atoms with Crippen molar-refractivity contribution >= 4 is 17.2 Å². The minimum Gasteiger partial charge on any atom is -0.497 e. The highest BCUT2D eigenvalue weighted by atomic mass is 35.5. The summed E-state index contributed by atoms with van der Waals surface area (Å²) in [5.74, 6) is 2.01. The van der Waals surface area contributed by atoms with Gasteiger partial charge >= 0.3 is 0 Å². The molecule has 1 aromatic carbocycles. The van der Waals surface area contributed by atoms with Crippen molar-refractivity contribution in [2.75, 3.05) is 7.11 Å². The average Bonchev–Trinajstić information content (AvgIpc) is 2.89. The number of hydrogen-bond donors (Lipinski definition) is 0. The second kappa shape index (κ2) is 6.28. The van der Waals surface area contributed by atoms with Crippen molar-refractivity contribution in [3.8, 4) is 11.5 Å². The van der Waals surface area contributed by atoms with E-state index in [4.69, 9.17) is 21.1 Å². The number of fused-ring (bicyclic) bond motifs is 1. The lowest BCUT2D eigenvalue weighted by molar-refractivity contribution is 0.308. The predicted octanol–water partition coefficient (Wildman–Crippen LogP) is 3.97. The summed E-state index contributed by atoms with van der Waals surface area (Å²) in [5, 5.41) is 0. The summed E-state index contributed by atoms with van der Waals surface area (Å²) in [4.78, 5) is 4.56. The van der Waals surface area contributed by atoms with E-state index in [1.165, 1.54) is 0 Å². The normalized spacial score (nSPS) is 10.9.